The standard InChI is InChI=1S/C17H14ClF4N3O2S2/c1-2-5-25(13(26)3-6-29(27)7-4-17(20,21)22)16-14(18)24-15(28-16)11-8-12(19)10-23-9-11/h1,8-10H,3-7H2. The SMILES string of the molecule is C#CCN(C(=O)CCS(=O)CCC(F)(F)F)c1sc(-c2cncc(F)c2)nc1Cl. The van der Waals surface area contributed by atoms with E-state index in [1.165, 1.54) is 12.3 Å². The number of thiazole rings is 1. The summed E-state index contributed by atoms with van der Waals surface area (Å²) in [4.78, 5) is 21.5. The van der Waals surface area contributed by atoms with E-state index in [4.69, 9.17) is 18.0 Å². The molecular weight excluding hydrogens is 454 g/mol. The summed E-state index contributed by atoms with van der Waals surface area (Å²) in [6.45, 7) is -0.170. The molecule has 5 nitrogen and oxygen atoms in total. The van der Waals surface area contributed by atoms with Crippen LogP contribution in [-0.4, -0.2) is 44.3 Å². The highest BCUT2D eigenvalue weighted by Gasteiger charge is 2.28. The van der Waals surface area contributed by atoms with Crippen LogP contribution in [0.1, 0.15) is 12.8 Å². The number of hydrogen-bond acceptors (Lipinski definition) is 5. The van der Waals surface area contributed by atoms with Crippen molar-refractivity contribution in [1.82, 2.24) is 9.97 Å². The number of nitrogens with zero attached hydrogens (tertiary/aromatic N) is 3. The van der Waals surface area contributed by atoms with E-state index in [9.17, 15) is 26.6 Å². The van der Waals surface area contributed by atoms with E-state index in [1.54, 1.807) is 0 Å². The van der Waals surface area contributed by atoms with Crippen molar-refractivity contribution in [2.45, 2.75) is 19.0 Å². The maximum atomic E-state index is 13.4. The van der Waals surface area contributed by atoms with Crippen LogP contribution >= 0.6 is 22.9 Å². The molecule has 0 aliphatic rings. The first-order valence-electron chi connectivity index (χ1n) is 8.03. The number of carbonyl (C=O) groups is 1. The van der Waals surface area contributed by atoms with Crippen molar-refractivity contribution >= 4 is 44.6 Å². The summed E-state index contributed by atoms with van der Waals surface area (Å²) in [6.07, 6.45) is 1.81. The van der Waals surface area contributed by atoms with Crippen molar-refractivity contribution in [3.63, 3.8) is 0 Å². The van der Waals surface area contributed by atoms with Gasteiger partial charge in [-0.15, -0.1) is 6.42 Å². The maximum absolute atomic E-state index is 13.4. The predicted octanol–water partition coefficient (Wildman–Crippen LogP) is 4.06. The Morgan fingerprint density at radius 2 is 2.07 bits per heavy atom. The topological polar surface area (TPSA) is 63.2 Å². The molecule has 0 aromatic carbocycles. The molecule has 2 aromatic rings. The average molecular weight is 468 g/mol. The number of anilines is 1. The van der Waals surface area contributed by atoms with Crippen LogP contribution in [0.4, 0.5) is 22.6 Å². The molecule has 156 valence electrons. The van der Waals surface area contributed by atoms with Crippen LogP contribution in [-0.2, 0) is 15.6 Å². The number of alkyl halides is 3. The van der Waals surface area contributed by atoms with Crippen molar-refractivity contribution in [2.75, 3.05) is 23.0 Å². The van der Waals surface area contributed by atoms with Gasteiger partial charge in [-0.1, -0.05) is 28.9 Å². The Labute approximate surface area is 175 Å². The van der Waals surface area contributed by atoms with Gasteiger partial charge >= 0.3 is 6.18 Å². The third-order valence-corrected chi connectivity index (χ3v) is 6.30. The quantitative estimate of drug-likeness (QED) is 0.434. The minimum absolute atomic E-state index is 0.0453. The van der Waals surface area contributed by atoms with Crippen molar-refractivity contribution in [1.29, 1.82) is 0 Å². The zero-order valence-electron chi connectivity index (χ0n) is 14.7. The minimum atomic E-state index is -4.41. The molecule has 0 radical (unpaired) electrons. The molecule has 0 bridgehead atoms. The first-order valence-corrected chi connectivity index (χ1v) is 10.7. The van der Waals surface area contributed by atoms with E-state index in [0.29, 0.717) is 10.6 Å². The maximum Gasteiger partial charge on any atom is 0.390 e. The van der Waals surface area contributed by atoms with Crippen LogP contribution in [0.3, 0.4) is 0 Å². The molecular formula is C17H14ClF4N3O2S2. The van der Waals surface area contributed by atoms with E-state index in [0.717, 1.165) is 22.4 Å². The molecule has 0 N–H and O–H groups in total. The van der Waals surface area contributed by atoms with Crippen LogP contribution in [0.15, 0.2) is 18.5 Å². The van der Waals surface area contributed by atoms with Crippen LogP contribution < -0.4 is 4.90 Å². The Bertz CT molecular complexity index is 943. The van der Waals surface area contributed by atoms with E-state index >= 15 is 0 Å². The third-order valence-electron chi connectivity index (χ3n) is 3.47. The number of terminal acetylenes is 1. The van der Waals surface area contributed by atoms with Gasteiger partial charge in [0.15, 0.2) is 5.15 Å². The molecule has 0 spiro atoms. The zero-order chi connectivity index (χ0) is 21.6. The Kier molecular flexibility index (Phi) is 8.13. The van der Waals surface area contributed by atoms with Crippen LogP contribution in [0, 0.1) is 18.2 Å². The molecule has 0 aliphatic carbocycles. The van der Waals surface area contributed by atoms with Gasteiger partial charge in [0.05, 0.1) is 19.2 Å². The molecule has 0 aliphatic heterocycles. The second-order valence-corrected chi connectivity index (χ2v) is 8.69. The van der Waals surface area contributed by atoms with E-state index in [2.05, 4.69) is 15.9 Å². The number of rotatable bonds is 8. The third kappa shape index (κ3) is 7.06. The molecule has 1 unspecified atom stereocenters. The fourth-order valence-corrected chi connectivity index (χ4v) is 4.52. The summed E-state index contributed by atoms with van der Waals surface area (Å²) in [7, 11) is -1.81. The lowest BCUT2D eigenvalue weighted by atomic mass is 10.3. The molecule has 2 heterocycles. The predicted molar refractivity (Wildman–Crippen MR) is 105 cm³/mol. The lowest BCUT2D eigenvalue weighted by Crippen LogP contribution is -2.32. The van der Waals surface area contributed by atoms with E-state index in [-0.39, 0.29) is 28.9 Å². The van der Waals surface area contributed by atoms with Gasteiger partial charge in [0.2, 0.25) is 5.91 Å². The number of pyridine rings is 1. The lowest BCUT2D eigenvalue weighted by Gasteiger charge is -2.18. The van der Waals surface area contributed by atoms with Gasteiger partial charge < -0.3 is 0 Å². The van der Waals surface area contributed by atoms with Gasteiger partial charge in [-0.25, -0.2) is 9.37 Å². The molecule has 0 saturated carbocycles. The summed E-state index contributed by atoms with van der Waals surface area (Å²) < 4.78 is 61.7. The van der Waals surface area contributed by atoms with Crippen LogP contribution in [0.2, 0.25) is 5.15 Å². The largest absolute Gasteiger partial charge is 0.390 e. The van der Waals surface area contributed by atoms with Crippen LogP contribution in [0.25, 0.3) is 10.6 Å². The summed E-state index contributed by atoms with van der Waals surface area (Å²) >= 11 is 7.09. The number of hydrogen-bond donors (Lipinski definition) is 0. The summed E-state index contributed by atoms with van der Waals surface area (Å²) in [6, 6.07) is 1.20. The summed E-state index contributed by atoms with van der Waals surface area (Å²) in [5.74, 6) is 0.338. The Morgan fingerprint density at radius 3 is 2.69 bits per heavy atom. The molecule has 0 fully saturated rings. The molecule has 0 saturated heterocycles. The van der Waals surface area contributed by atoms with Gasteiger partial charge in [0, 0.05) is 40.5 Å². The molecule has 12 heteroatoms. The number of halogens is 5. The van der Waals surface area contributed by atoms with Gasteiger partial charge in [-0.2, -0.15) is 13.2 Å². The highest BCUT2D eigenvalue weighted by atomic mass is 35.5. The first-order chi connectivity index (χ1) is 13.6. The molecule has 1 atom stereocenters. The fourth-order valence-electron chi connectivity index (χ4n) is 2.14. The number of amides is 1. The number of carbonyl (C=O) groups excluding carboxylic acids is 1. The van der Waals surface area contributed by atoms with Crippen molar-refractivity contribution in [3.05, 3.63) is 29.4 Å². The van der Waals surface area contributed by atoms with E-state index < -0.39 is 40.9 Å². The van der Waals surface area contributed by atoms with Gasteiger partial charge in [-0.05, 0) is 6.07 Å². The smallest absolute Gasteiger partial charge is 0.289 e. The number of aromatic nitrogens is 2. The van der Waals surface area contributed by atoms with Gasteiger partial charge in [0.1, 0.15) is 15.8 Å². The lowest BCUT2D eigenvalue weighted by molar-refractivity contribution is -0.129. The highest BCUT2D eigenvalue weighted by molar-refractivity contribution is 7.84. The average Bonchev–Trinajstić information content (AvgIpc) is 3.03. The van der Waals surface area contributed by atoms with E-state index in [1.807, 2.05) is 0 Å². The summed E-state index contributed by atoms with van der Waals surface area (Å²) in [5.41, 5.74) is 0.351. The normalized spacial score (nSPS) is 12.4. The molecule has 1 amide bonds. The fraction of sp³-hybridized carbons (Fsp3) is 0.353. The second kappa shape index (κ2) is 10.1. The Balaban J connectivity index is 2.12. The minimum Gasteiger partial charge on any atom is -0.289 e. The van der Waals surface area contributed by atoms with Crippen molar-refractivity contribution in [3.8, 4) is 22.9 Å². The first kappa shape index (κ1) is 23.3. The van der Waals surface area contributed by atoms with Crippen molar-refractivity contribution in [2.24, 2.45) is 0 Å². The van der Waals surface area contributed by atoms with Crippen molar-refractivity contribution < 1.29 is 26.6 Å². The van der Waals surface area contributed by atoms with Crippen LogP contribution in [0.5, 0.6) is 0 Å². The Hall–Kier alpha value is -2.03. The molecule has 2 aromatic heterocycles. The second-order valence-electron chi connectivity index (χ2n) is 5.65. The zero-order valence-corrected chi connectivity index (χ0v) is 17.1. The van der Waals surface area contributed by atoms with Gasteiger partial charge in [0.25, 0.3) is 0 Å². The Morgan fingerprint density at radius 1 is 1.34 bits per heavy atom. The van der Waals surface area contributed by atoms with Gasteiger partial charge in [-0.3, -0.25) is 18.9 Å². The summed E-state index contributed by atoms with van der Waals surface area (Å²) in [5, 5.41) is 0.464. The molecule has 2 rings (SSSR count). The monoisotopic (exact) mass is 467 g/mol. The highest BCUT2D eigenvalue weighted by Crippen LogP contribution is 2.37. The molecule has 29 heavy (non-hydrogen) atoms.